The number of alkyl halides is 3. The van der Waals surface area contributed by atoms with Gasteiger partial charge in [0.25, 0.3) is 0 Å². The molecule has 0 saturated heterocycles. The van der Waals surface area contributed by atoms with Gasteiger partial charge in [0.2, 0.25) is 0 Å². The molecular formula is C13H17ClF3NO2S. The first-order valence-corrected chi connectivity index (χ1v) is 8.20. The molecule has 0 bridgehead atoms. The standard InChI is InChI=1S/C13H17ClF3NO2S/c1-12(2,3)21(19,20)7-6-18-11-5-4-9(8-10(11)14)13(15,16)17/h4-5,8,18H,6-7H2,1-3H3. The van der Waals surface area contributed by atoms with Crippen LogP contribution in [0.4, 0.5) is 18.9 Å². The molecule has 0 radical (unpaired) electrons. The Balaban J connectivity index is 2.74. The van der Waals surface area contributed by atoms with Crippen molar-refractivity contribution in [1.29, 1.82) is 0 Å². The summed E-state index contributed by atoms with van der Waals surface area (Å²) in [5, 5.41) is 2.64. The fourth-order valence-corrected chi connectivity index (χ4v) is 2.69. The molecule has 0 aliphatic rings. The fourth-order valence-electron chi connectivity index (χ4n) is 1.46. The van der Waals surface area contributed by atoms with E-state index in [1.54, 1.807) is 20.8 Å². The van der Waals surface area contributed by atoms with Gasteiger partial charge < -0.3 is 5.32 Å². The maximum Gasteiger partial charge on any atom is 0.416 e. The molecule has 0 saturated carbocycles. The first-order chi connectivity index (χ1) is 9.34. The summed E-state index contributed by atoms with van der Waals surface area (Å²) in [7, 11) is -3.30. The minimum absolute atomic E-state index is 0.0741. The lowest BCUT2D eigenvalue weighted by Crippen LogP contribution is -2.32. The van der Waals surface area contributed by atoms with Crippen LogP contribution in [0.1, 0.15) is 26.3 Å². The Morgan fingerprint density at radius 1 is 1.19 bits per heavy atom. The number of rotatable bonds is 4. The second-order valence-electron chi connectivity index (χ2n) is 5.55. The van der Waals surface area contributed by atoms with Crippen LogP contribution in [0, 0.1) is 0 Å². The van der Waals surface area contributed by atoms with Crippen LogP contribution in [-0.4, -0.2) is 25.5 Å². The Morgan fingerprint density at radius 2 is 1.76 bits per heavy atom. The Labute approximate surface area is 127 Å². The van der Waals surface area contributed by atoms with Crippen molar-refractivity contribution in [3.05, 3.63) is 28.8 Å². The van der Waals surface area contributed by atoms with E-state index in [1.807, 2.05) is 0 Å². The van der Waals surface area contributed by atoms with Gasteiger partial charge in [-0.15, -0.1) is 0 Å². The SMILES string of the molecule is CC(C)(C)S(=O)(=O)CCNc1ccc(C(F)(F)F)cc1Cl. The van der Waals surface area contributed by atoms with E-state index in [9.17, 15) is 21.6 Å². The van der Waals surface area contributed by atoms with Crippen molar-refractivity contribution < 1.29 is 21.6 Å². The summed E-state index contributed by atoms with van der Waals surface area (Å²) >= 11 is 5.76. The minimum Gasteiger partial charge on any atom is -0.383 e. The van der Waals surface area contributed by atoms with Crippen LogP contribution in [0.2, 0.25) is 5.02 Å². The molecule has 1 aromatic carbocycles. The highest BCUT2D eigenvalue weighted by atomic mass is 35.5. The summed E-state index contributed by atoms with van der Waals surface area (Å²) < 4.78 is 60.3. The molecule has 0 heterocycles. The van der Waals surface area contributed by atoms with Gasteiger partial charge in [0, 0.05) is 6.54 Å². The summed E-state index contributed by atoms with van der Waals surface area (Å²) in [6.07, 6.45) is -4.46. The van der Waals surface area contributed by atoms with E-state index in [0.717, 1.165) is 12.1 Å². The Bertz CT molecular complexity index is 607. The fraction of sp³-hybridized carbons (Fsp3) is 0.538. The van der Waals surface area contributed by atoms with Gasteiger partial charge in [0.05, 0.1) is 26.8 Å². The maximum atomic E-state index is 12.5. The summed E-state index contributed by atoms with van der Waals surface area (Å²) in [5.41, 5.74) is -0.575. The average Bonchev–Trinajstić information content (AvgIpc) is 2.28. The zero-order chi connectivity index (χ0) is 16.5. The van der Waals surface area contributed by atoms with Gasteiger partial charge in [0.1, 0.15) is 0 Å². The van der Waals surface area contributed by atoms with Gasteiger partial charge in [-0.3, -0.25) is 0 Å². The number of halogens is 4. The summed E-state index contributed by atoms with van der Waals surface area (Å²) in [6, 6.07) is 2.89. The lowest BCUT2D eigenvalue weighted by Gasteiger charge is -2.19. The molecule has 0 unspecified atom stereocenters. The van der Waals surface area contributed by atoms with Crippen molar-refractivity contribution in [2.24, 2.45) is 0 Å². The molecule has 0 atom stereocenters. The molecule has 120 valence electrons. The summed E-state index contributed by atoms with van der Waals surface area (Å²) in [5.74, 6) is -0.131. The topological polar surface area (TPSA) is 46.2 Å². The number of nitrogens with one attached hydrogen (secondary N) is 1. The molecule has 0 aromatic heterocycles. The van der Waals surface area contributed by atoms with Crippen molar-refractivity contribution in [3.63, 3.8) is 0 Å². The highest BCUT2D eigenvalue weighted by molar-refractivity contribution is 7.92. The average molecular weight is 344 g/mol. The Kier molecular flexibility index (Phi) is 5.21. The van der Waals surface area contributed by atoms with Crippen LogP contribution in [0.5, 0.6) is 0 Å². The normalized spacial score (nSPS) is 13.3. The molecular weight excluding hydrogens is 327 g/mol. The predicted octanol–water partition coefficient (Wildman–Crippen LogP) is 3.98. The van der Waals surface area contributed by atoms with Gasteiger partial charge in [-0.1, -0.05) is 11.6 Å². The lowest BCUT2D eigenvalue weighted by molar-refractivity contribution is -0.137. The van der Waals surface area contributed by atoms with E-state index < -0.39 is 26.3 Å². The van der Waals surface area contributed by atoms with Crippen molar-refractivity contribution in [2.75, 3.05) is 17.6 Å². The van der Waals surface area contributed by atoms with Gasteiger partial charge >= 0.3 is 6.18 Å². The molecule has 1 aromatic rings. The number of hydrogen-bond donors (Lipinski definition) is 1. The van der Waals surface area contributed by atoms with Gasteiger partial charge in [0.15, 0.2) is 9.84 Å². The van der Waals surface area contributed by atoms with Crippen molar-refractivity contribution >= 4 is 27.1 Å². The molecule has 0 amide bonds. The molecule has 8 heteroatoms. The first kappa shape index (κ1) is 18.1. The minimum atomic E-state index is -4.46. The van der Waals surface area contributed by atoms with Crippen LogP contribution in [-0.2, 0) is 16.0 Å². The van der Waals surface area contributed by atoms with Crippen molar-refractivity contribution in [3.8, 4) is 0 Å². The summed E-state index contributed by atoms with van der Waals surface area (Å²) in [4.78, 5) is 0. The monoisotopic (exact) mass is 343 g/mol. The van der Waals surface area contributed by atoms with Gasteiger partial charge in [-0.05, 0) is 39.0 Å². The number of anilines is 1. The third kappa shape index (κ3) is 4.78. The Morgan fingerprint density at radius 3 is 2.19 bits per heavy atom. The van der Waals surface area contributed by atoms with E-state index in [0.29, 0.717) is 0 Å². The molecule has 0 spiro atoms. The molecule has 0 fully saturated rings. The first-order valence-electron chi connectivity index (χ1n) is 6.17. The van der Waals surface area contributed by atoms with Gasteiger partial charge in [-0.25, -0.2) is 8.42 Å². The van der Waals surface area contributed by atoms with Crippen LogP contribution >= 0.6 is 11.6 Å². The van der Waals surface area contributed by atoms with E-state index in [2.05, 4.69) is 5.32 Å². The molecule has 21 heavy (non-hydrogen) atoms. The largest absolute Gasteiger partial charge is 0.416 e. The van der Waals surface area contributed by atoms with Crippen LogP contribution < -0.4 is 5.32 Å². The van der Waals surface area contributed by atoms with E-state index in [-0.39, 0.29) is 23.0 Å². The highest BCUT2D eigenvalue weighted by Crippen LogP contribution is 2.33. The number of hydrogen-bond acceptors (Lipinski definition) is 3. The van der Waals surface area contributed by atoms with E-state index in [4.69, 9.17) is 11.6 Å². The van der Waals surface area contributed by atoms with Crippen molar-refractivity contribution in [2.45, 2.75) is 31.7 Å². The Hall–Kier alpha value is -0.950. The van der Waals surface area contributed by atoms with Crippen LogP contribution in [0.25, 0.3) is 0 Å². The second kappa shape index (κ2) is 6.04. The second-order valence-corrected chi connectivity index (χ2v) is 8.82. The van der Waals surface area contributed by atoms with Crippen LogP contribution in [0.3, 0.4) is 0 Å². The summed E-state index contributed by atoms with van der Waals surface area (Å²) in [6.45, 7) is 4.85. The zero-order valence-electron chi connectivity index (χ0n) is 11.9. The smallest absolute Gasteiger partial charge is 0.383 e. The molecule has 1 rings (SSSR count). The molecule has 3 nitrogen and oxygen atoms in total. The van der Waals surface area contributed by atoms with E-state index >= 15 is 0 Å². The molecule has 0 aliphatic heterocycles. The number of benzene rings is 1. The van der Waals surface area contributed by atoms with E-state index in [1.165, 1.54) is 6.07 Å². The maximum absolute atomic E-state index is 12.5. The quantitative estimate of drug-likeness (QED) is 0.899. The molecule has 0 aliphatic carbocycles. The lowest BCUT2D eigenvalue weighted by atomic mass is 10.2. The number of sulfone groups is 1. The van der Waals surface area contributed by atoms with Crippen LogP contribution in [0.15, 0.2) is 18.2 Å². The third-order valence-electron chi connectivity index (χ3n) is 2.92. The highest BCUT2D eigenvalue weighted by Gasteiger charge is 2.31. The van der Waals surface area contributed by atoms with Crippen molar-refractivity contribution in [1.82, 2.24) is 0 Å². The predicted molar refractivity (Wildman–Crippen MR) is 78.5 cm³/mol. The zero-order valence-corrected chi connectivity index (χ0v) is 13.5. The third-order valence-corrected chi connectivity index (χ3v) is 5.84. The van der Waals surface area contributed by atoms with Gasteiger partial charge in [-0.2, -0.15) is 13.2 Å². The molecule has 1 N–H and O–H groups in total.